The molecule has 3 N–H and O–H groups in total. The summed E-state index contributed by atoms with van der Waals surface area (Å²) in [6, 6.07) is 5.13. The summed E-state index contributed by atoms with van der Waals surface area (Å²) in [7, 11) is 1.31. The maximum absolute atomic E-state index is 11.6. The Morgan fingerprint density at radius 2 is 2.00 bits per heavy atom. The molecule has 1 aromatic rings. The Morgan fingerprint density at radius 1 is 1.30 bits per heavy atom. The number of alkyl carbamates (subject to hydrolysis) is 1. The number of methoxy groups -OCH3 is 1. The Bertz CT molecular complexity index is 589. The van der Waals surface area contributed by atoms with Gasteiger partial charge in [-0.05, 0) is 44.9 Å². The number of nitrogens with one attached hydrogen (secondary N) is 1. The van der Waals surface area contributed by atoms with Gasteiger partial charge in [0, 0.05) is 12.2 Å². The summed E-state index contributed by atoms with van der Waals surface area (Å²) in [6.07, 6.45) is 3.94. The van der Waals surface area contributed by atoms with Gasteiger partial charge in [-0.2, -0.15) is 0 Å². The van der Waals surface area contributed by atoms with Crippen LogP contribution in [0.5, 0.6) is 0 Å². The number of carbonyl (C=O) groups excluding carboxylic acids is 2. The van der Waals surface area contributed by atoms with Crippen molar-refractivity contribution in [2.24, 2.45) is 0 Å². The van der Waals surface area contributed by atoms with Crippen LogP contribution in [0, 0.1) is 0 Å². The van der Waals surface area contributed by atoms with E-state index in [1.54, 1.807) is 18.2 Å². The summed E-state index contributed by atoms with van der Waals surface area (Å²) in [6.45, 7) is 5.90. The average Bonchev–Trinajstić information content (AvgIpc) is 2.45. The molecule has 0 aliphatic heterocycles. The number of amides is 1. The van der Waals surface area contributed by atoms with Crippen molar-refractivity contribution in [1.82, 2.24) is 5.32 Å². The summed E-state index contributed by atoms with van der Waals surface area (Å²) in [4.78, 5) is 23.0. The van der Waals surface area contributed by atoms with Gasteiger partial charge in [0.25, 0.3) is 0 Å². The molecule has 0 heterocycles. The number of ether oxygens (including phenoxy) is 2. The molecule has 0 aromatic heterocycles. The van der Waals surface area contributed by atoms with E-state index in [2.05, 4.69) is 10.1 Å². The van der Waals surface area contributed by atoms with Gasteiger partial charge in [0.15, 0.2) is 0 Å². The van der Waals surface area contributed by atoms with E-state index in [9.17, 15) is 9.59 Å². The van der Waals surface area contributed by atoms with E-state index in [1.807, 2.05) is 32.9 Å². The van der Waals surface area contributed by atoms with Crippen molar-refractivity contribution >= 4 is 23.8 Å². The van der Waals surface area contributed by atoms with E-state index in [0.717, 1.165) is 5.56 Å². The lowest BCUT2D eigenvalue weighted by atomic mass is 10.1. The number of benzene rings is 1. The van der Waals surface area contributed by atoms with Gasteiger partial charge in [-0.15, -0.1) is 0 Å². The Labute approximate surface area is 136 Å². The van der Waals surface area contributed by atoms with Gasteiger partial charge in [0.2, 0.25) is 0 Å². The molecular formula is C17H24N2O4. The normalized spacial score (nSPS) is 11.3. The summed E-state index contributed by atoms with van der Waals surface area (Å²) in [5.74, 6) is -0.468. The van der Waals surface area contributed by atoms with E-state index in [1.165, 1.54) is 7.11 Å². The van der Waals surface area contributed by atoms with Crippen molar-refractivity contribution in [2.75, 3.05) is 19.4 Å². The highest BCUT2D eigenvalue weighted by molar-refractivity contribution is 5.95. The maximum Gasteiger partial charge on any atom is 0.407 e. The fraction of sp³-hybridized carbons (Fsp3) is 0.412. The molecular weight excluding hydrogens is 296 g/mol. The van der Waals surface area contributed by atoms with Crippen LogP contribution in [-0.4, -0.2) is 31.3 Å². The molecule has 0 aliphatic carbocycles. The maximum atomic E-state index is 11.6. The predicted octanol–water partition coefficient (Wildman–Crippen LogP) is 2.98. The van der Waals surface area contributed by atoms with Crippen molar-refractivity contribution in [1.29, 1.82) is 0 Å². The van der Waals surface area contributed by atoms with Gasteiger partial charge in [0.05, 0.1) is 12.7 Å². The molecule has 6 nitrogen and oxygen atoms in total. The first kappa shape index (κ1) is 18.5. The highest BCUT2D eigenvalue weighted by atomic mass is 16.6. The lowest BCUT2D eigenvalue weighted by Gasteiger charge is -2.19. The van der Waals surface area contributed by atoms with Gasteiger partial charge in [-0.25, -0.2) is 9.59 Å². The molecule has 1 aromatic carbocycles. The van der Waals surface area contributed by atoms with Gasteiger partial charge in [0.1, 0.15) is 5.60 Å². The van der Waals surface area contributed by atoms with E-state index in [0.29, 0.717) is 24.2 Å². The largest absolute Gasteiger partial charge is 0.465 e. The Balaban J connectivity index is 2.50. The second-order valence-electron chi connectivity index (χ2n) is 5.96. The number of anilines is 1. The molecule has 6 heteroatoms. The number of carbonyl (C=O) groups is 2. The Kier molecular flexibility index (Phi) is 6.63. The minimum absolute atomic E-state index is 0.335. The van der Waals surface area contributed by atoms with E-state index in [-0.39, 0.29) is 0 Å². The molecule has 0 fully saturated rings. The van der Waals surface area contributed by atoms with Crippen LogP contribution in [0.25, 0.3) is 6.08 Å². The first-order valence-corrected chi connectivity index (χ1v) is 7.34. The molecule has 1 amide bonds. The molecule has 1 rings (SSSR count). The summed E-state index contributed by atoms with van der Waals surface area (Å²) in [5, 5.41) is 2.67. The highest BCUT2D eigenvalue weighted by Gasteiger charge is 2.15. The number of hydrogen-bond acceptors (Lipinski definition) is 5. The topological polar surface area (TPSA) is 90.6 Å². The van der Waals surface area contributed by atoms with Crippen LogP contribution in [0.1, 0.15) is 43.1 Å². The molecule has 0 saturated carbocycles. The molecule has 126 valence electrons. The lowest BCUT2D eigenvalue weighted by molar-refractivity contribution is 0.0527. The SMILES string of the molecule is COC(=O)c1cc(C=CCCNC(=O)OC(C)(C)C)ccc1N. The molecule has 0 spiro atoms. The predicted molar refractivity (Wildman–Crippen MR) is 90.1 cm³/mol. The fourth-order valence-electron chi connectivity index (χ4n) is 1.76. The van der Waals surface area contributed by atoms with Crippen LogP contribution < -0.4 is 11.1 Å². The third-order valence-electron chi connectivity index (χ3n) is 2.77. The molecule has 0 unspecified atom stereocenters. The van der Waals surface area contributed by atoms with Crippen molar-refractivity contribution < 1.29 is 19.1 Å². The van der Waals surface area contributed by atoms with Gasteiger partial charge < -0.3 is 20.5 Å². The van der Waals surface area contributed by atoms with Crippen molar-refractivity contribution in [3.63, 3.8) is 0 Å². The zero-order chi connectivity index (χ0) is 17.5. The van der Waals surface area contributed by atoms with Crippen LogP contribution in [-0.2, 0) is 9.47 Å². The van der Waals surface area contributed by atoms with Gasteiger partial charge >= 0.3 is 12.1 Å². The standard InChI is InChI=1S/C17H24N2O4/c1-17(2,3)23-16(21)19-10-6-5-7-12-8-9-14(18)13(11-12)15(20)22-4/h5,7-9,11H,6,10,18H2,1-4H3,(H,19,21). The lowest BCUT2D eigenvalue weighted by Crippen LogP contribution is -2.32. The van der Waals surface area contributed by atoms with E-state index < -0.39 is 17.7 Å². The van der Waals surface area contributed by atoms with Crippen LogP contribution in [0.3, 0.4) is 0 Å². The number of esters is 1. The molecule has 0 aliphatic rings. The quantitative estimate of drug-likeness (QED) is 0.494. The summed E-state index contributed by atoms with van der Waals surface area (Å²) >= 11 is 0. The zero-order valence-electron chi connectivity index (χ0n) is 14.0. The number of nitrogens with two attached hydrogens (primary N) is 1. The third-order valence-corrected chi connectivity index (χ3v) is 2.77. The van der Waals surface area contributed by atoms with Crippen molar-refractivity contribution in [3.8, 4) is 0 Å². The second kappa shape index (κ2) is 8.22. The van der Waals surface area contributed by atoms with Gasteiger partial charge in [-0.1, -0.05) is 18.2 Å². The molecule has 23 heavy (non-hydrogen) atoms. The minimum Gasteiger partial charge on any atom is -0.465 e. The number of nitrogen functional groups attached to an aromatic ring is 1. The Hall–Kier alpha value is -2.50. The number of hydrogen-bond donors (Lipinski definition) is 2. The first-order valence-electron chi connectivity index (χ1n) is 7.34. The molecule has 0 bridgehead atoms. The van der Waals surface area contributed by atoms with Crippen LogP contribution in [0.15, 0.2) is 24.3 Å². The van der Waals surface area contributed by atoms with Gasteiger partial charge in [-0.3, -0.25) is 0 Å². The summed E-state index contributed by atoms with van der Waals surface area (Å²) in [5.41, 5.74) is 6.77. The number of rotatable bonds is 5. The van der Waals surface area contributed by atoms with Crippen LogP contribution in [0.2, 0.25) is 0 Å². The monoisotopic (exact) mass is 320 g/mol. The highest BCUT2D eigenvalue weighted by Crippen LogP contribution is 2.16. The van der Waals surface area contributed by atoms with E-state index >= 15 is 0 Å². The summed E-state index contributed by atoms with van der Waals surface area (Å²) < 4.78 is 9.81. The molecule has 0 atom stereocenters. The fourth-order valence-corrected chi connectivity index (χ4v) is 1.76. The first-order chi connectivity index (χ1) is 10.7. The van der Waals surface area contributed by atoms with E-state index in [4.69, 9.17) is 10.5 Å². The Morgan fingerprint density at radius 3 is 2.61 bits per heavy atom. The second-order valence-corrected chi connectivity index (χ2v) is 5.96. The minimum atomic E-state index is -0.506. The van der Waals surface area contributed by atoms with Crippen molar-refractivity contribution in [3.05, 3.63) is 35.4 Å². The zero-order valence-corrected chi connectivity index (χ0v) is 14.0. The third kappa shape index (κ3) is 6.86. The van der Waals surface area contributed by atoms with Crippen LogP contribution in [0.4, 0.5) is 10.5 Å². The van der Waals surface area contributed by atoms with Crippen molar-refractivity contribution in [2.45, 2.75) is 32.8 Å². The molecule has 0 radical (unpaired) electrons. The van der Waals surface area contributed by atoms with Crippen LogP contribution >= 0.6 is 0 Å². The smallest absolute Gasteiger partial charge is 0.407 e. The average molecular weight is 320 g/mol. The molecule has 0 saturated heterocycles.